The highest BCUT2D eigenvalue weighted by Crippen LogP contribution is 2.19. The van der Waals surface area contributed by atoms with Crippen molar-refractivity contribution >= 4 is 15.7 Å². The number of hydrogen-bond donors (Lipinski definition) is 1. The molecule has 1 aromatic rings. The number of hydrogen-bond acceptors (Lipinski definition) is 4. The highest BCUT2D eigenvalue weighted by Gasteiger charge is 2.33. The molecule has 1 fully saturated rings. The minimum atomic E-state index is -3.02. The van der Waals surface area contributed by atoms with E-state index >= 15 is 0 Å². The van der Waals surface area contributed by atoms with E-state index in [0.717, 1.165) is 5.69 Å². The Balaban J connectivity index is 1.96. The molecule has 0 aromatic carbocycles. The molecule has 0 radical (unpaired) electrons. The van der Waals surface area contributed by atoms with E-state index in [1.54, 1.807) is 6.20 Å². The Morgan fingerprint density at radius 2 is 2.28 bits per heavy atom. The molecule has 98 valence electrons. The molecule has 1 aliphatic heterocycles. The van der Waals surface area contributed by atoms with Gasteiger partial charge in [-0.3, -0.25) is 9.78 Å². The molecule has 2 rings (SSSR count). The topological polar surface area (TPSA) is 76.1 Å². The number of nitrogens with zero attached hydrogens (tertiary/aromatic N) is 1. The Hall–Kier alpha value is -1.43. The number of carbonyl (C=O) groups excluding carboxylic acids is 1. The molecule has 2 atom stereocenters. The first-order valence-corrected chi connectivity index (χ1v) is 7.72. The van der Waals surface area contributed by atoms with Crippen molar-refractivity contribution < 1.29 is 13.2 Å². The van der Waals surface area contributed by atoms with Gasteiger partial charge in [-0.15, -0.1) is 0 Å². The van der Waals surface area contributed by atoms with E-state index in [4.69, 9.17) is 0 Å². The Kier molecular flexibility index (Phi) is 3.65. The predicted molar refractivity (Wildman–Crippen MR) is 67.6 cm³/mol. The molecule has 0 aliphatic carbocycles. The summed E-state index contributed by atoms with van der Waals surface area (Å²) in [6.07, 6.45) is 2.08. The smallest absolute Gasteiger partial charge is 0.224 e. The molecule has 0 saturated carbocycles. The van der Waals surface area contributed by atoms with E-state index in [0.29, 0.717) is 6.42 Å². The van der Waals surface area contributed by atoms with Crippen LogP contribution in [0.1, 0.15) is 25.1 Å². The first-order chi connectivity index (χ1) is 8.48. The number of nitrogens with one attached hydrogen (secondary N) is 1. The minimum Gasteiger partial charge on any atom is -0.348 e. The van der Waals surface area contributed by atoms with Crippen molar-refractivity contribution in [3.63, 3.8) is 0 Å². The second-order valence-electron chi connectivity index (χ2n) is 4.58. The number of pyridine rings is 1. The second-order valence-corrected chi connectivity index (χ2v) is 6.81. The summed E-state index contributed by atoms with van der Waals surface area (Å²) in [6.45, 7) is 1.84. The van der Waals surface area contributed by atoms with Crippen molar-refractivity contribution in [1.29, 1.82) is 0 Å². The van der Waals surface area contributed by atoms with Gasteiger partial charge in [-0.1, -0.05) is 6.07 Å². The third kappa shape index (κ3) is 3.07. The number of sulfone groups is 1. The van der Waals surface area contributed by atoms with E-state index in [9.17, 15) is 13.2 Å². The summed E-state index contributed by atoms with van der Waals surface area (Å²) in [5.41, 5.74) is 0.770. The van der Waals surface area contributed by atoms with Crippen LogP contribution in [0, 0.1) is 5.92 Å². The molecule has 2 heterocycles. The summed E-state index contributed by atoms with van der Waals surface area (Å²) < 4.78 is 22.6. The van der Waals surface area contributed by atoms with Crippen molar-refractivity contribution in [2.24, 2.45) is 5.92 Å². The lowest BCUT2D eigenvalue weighted by atomic mass is 10.1. The van der Waals surface area contributed by atoms with Crippen LogP contribution in [0.25, 0.3) is 0 Å². The van der Waals surface area contributed by atoms with Gasteiger partial charge in [-0.2, -0.15) is 0 Å². The van der Waals surface area contributed by atoms with Gasteiger partial charge >= 0.3 is 0 Å². The van der Waals surface area contributed by atoms with E-state index in [2.05, 4.69) is 10.3 Å². The van der Waals surface area contributed by atoms with Crippen LogP contribution in [-0.2, 0) is 14.6 Å². The Morgan fingerprint density at radius 1 is 1.50 bits per heavy atom. The van der Waals surface area contributed by atoms with E-state index in [1.165, 1.54) is 0 Å². The molecule has 0 bridgehead atoms. The molecule has 5 nitrogen and oxygen atoms in total. The summed E-state index contributed by atoms with van der Waals surface area (Å²) in [6, 6.07) is 5.28. The van der Waals surface area contributed by atoms with Gasteiger partial charge in [0.2, 0.25) is 5.91 Å². The van der Waals surface area contributed by atoms with Crippen molar-refractivity contribution in [3.05, 3.63) is 30.1 Å². The average Bonchev–Trinajstić information content (AvgIpc) is 2.71. The fourth-order valence-corrected chi connectivity index (χ4v) is 3.78. The normalized spacial score (nSPS) is 23.5. The van der Waals surface area contributed by atoms with Gasteiger partial charge in [0.15, 0.2) is 9.84 Å². The SMILES string of the molecule is C[C@H](NC(=O)[C@@H]1CCS(=O)(=O)C1)c1ccccn1. The lowest BCUT2D eigenvalue weighted by Gasteiger charge is -2.15. The summed E-state index contributed by atoms with van der Waals surface area (Å²) >= 11 is 0. The lowest BCUT2D eigenvalue weighted by Crippen LogP contribution is -2.33. The Bertz CT molecular complexity index is 528. The van der Waals surface area contributed by atoms with Crippen LogP contribution in [0.2, 0.25) is 0 Å². The van der Waals surface area contributed by atoms with Gasteiger partial charge in [0.05, 0.1) is 29.2 Å². The largest absolute Gasteiger partial charge is 0.348 e. The molecule has 1 aliphatic rings. The number of carbonyl (C=O) groups is 1. The van der Waals surface area contributed by atoms with E-state index in [-0.39, 0.29) is 23.5 Å². The van der Waals surface area contributed by atoms with Crippen molar-refractivity contribution in [2.75, 3.05) is 11.5 Å². The van der Waals surface area contributed by atoms with Crippen LogP contribution in [0.5, 0.6) is 0 Å². The van der Waals surface area contributed by atoms with Crippen LogP contribution in [0.3, 0.4) is 0 Å². The van der Waals surface area contributed by atoms with E-state index in [1.807, 2.05) is 25.1 Å². The second kappa shape index (κ2) is 5.06. The van der Waals surface area contributed by atoms with Crippen LogP contribution in [0.4, 0.5) is 0 Å². The highest BCUT2D eigenvalue weighted by atomic mass is 32.2. The summed E-state index contributed by atoms with van der Waals surface area (Å²) in [7, 11) is -3.02. The van der Waals surface area contributed by atoms with Crippen LogP contribution in [0.15, 0.2) is 24.4 Å². The molecule has 1 amide bonds. The maximum Gasteiger partial charge on any atom is 0.224 e. The Morgan fingerprint density at radius 3 is 2.83 bits per heavy atom. The quantitative estimate of drug-likeness (QED) is 0.875. The monoisotopic (exact) mass is 268 g/mol. The molecular formula is C12H16N2O3S. The van der Waals surface area contributed by atoms with Gasteiger partial charge < -0.3 is 5.32 Å². The lowest BCUT2D eigenvalue weighted by molar-refractivity contribution is -0.124. The number of amides is 1. The fourth-order valence-electron chi connectivity index (χ4n) is 2.04. The van der Waals surface area contributed by atoms with Crippen molar-refractivity contribution in [2.45, 2.75) is 19.4 Å². The molecule has 1 aromatic heterocycles. The number of aromatic nitrogens is 1. The summed E-state index contributed by atoms with van der Waals surface area (Å²) in [4.78, 5) is 16.1. The van der Waals surface area contributed by atoms with Crippen LogP contribution in [-0.4, -0.2) is 30.8 Å². The van der Waals surface area contributed by atoms with E-state index < -0.39 is 15.8 Å². The number of rotatable bonds is 3. The molecule has 0 spiro atoms. The molecular weight excluding hydrogens is 252 g/mol. The third-order valence-electron chi connectivity index (χ3n) is 3.09. The van der Waals surface area contributed by atoms with Crippen molar-refractivity contribution in [1.82, 2.24) is 10.3 Å². The van der Waals surface area contributed by atoms with Crippen LogP contribution >= 0.6 is 0 Å². The predicted octanol–water partition coefficient (Wildman–Crippen LogP) is 0.693. The first-order valence-electron chi connectivity index (χ1n) is 5.90. The van der Waals surface area contributed by atoms with Gasteiger partial charge in [0, 0.05) is 6.20 Å². The zero-order valence-corrected chi connectivity index (χ0v) is 11.0. The molecule has 6 heteroatoms. The molecule has 0 unspecified atom stereocenters. The zero-order valence-electron chi connectivity index (χ0n) is 10.2. The molecule has 1 N–H and O–H groups in total. The first kappa shape index (κ1) is 13.0. The van der Waals surface area contributed by atoms with Gasteiger partial charge in [0.25, 0.3) is 0 Å². The fraction of sp³-hybridized carbons (Fsp3) is 0.500. The third-order valence-corrected chi connectivity index (χ3v) is 4.86. The molecule has 18 heavy (non-hydrogen) atoms. The Labute approximate surface area is 107 Å². The maximum atomic E-state index is 11.9. The zero-order chi connectivity index (χ0) is 13.2. The van der Waals surface area contributed by atoms with Gasteiger partial charge in [-0.05, 0) is 25.5 Å². The van der Waals surface area contributed by atoms with Crippen molar-refractivity contribution in [3.8, 4) is 0 Å². The molecule has 1 saturated heterocycles. The van der Waals surface area contributed by atoms with Gasteiger partial charge in [0.1, 0.15) is 0 Å². The minimum absolute atomic E-state index is 0.0340. The highest BCUT2D eigenvalue weighted by molar-refractivity contribution is 7.91. The summed E-state index contributed by atoms with van der Waals surface area (Å²) in [5, 5.41) is 2.81. The maximum absolute atomic E-state index is 11.9. The average molecular weight is 268 g/mol. The standard InChI is InChI=1S/C12H16N2O3S/c1-9(11-4-2-3-6-13-11)14-12(15)10-5-7-18(16,17)8-10/h2-4,6,9-10H,5,7-8H2,1H3,(H,14,15)/t9-,10+/m0/s1. The van der Waals surface area contributed by atoms with Crippen LogP contribution < -0.4 is 5.32 Å². The summed E-state index contributed by atoms with van der Waals surface area (Å²) in [5.74, 6) is -0.535. The van der Waals surface area contributed by atoms with Gasteiger partial charge in [-0.25, -0.2) is 8.42 Å².